The Morgan fingerprint density at radius 3 is 2.87 bits per heavy atom. The summed E-state index contributed by atoms with van der Waals surface area (Å²) in [5, 5.41) is 1.08. The van der Waals surface area contributed by atoms with Crippen LogP contribution >= 0.6 is 38.9 Å². The van der Waals surface area contributed by atoms with E-state index in [1.807, 2.05) is 24.3 Å². The first kappa shape index (κ1) is 22.5. The molecule has 31 heavy (non-hydrogen) atoms. The molecule has 2 heterocycles. The minimum absolute atomic E-state index is 0.153. The van der Waals surface area contributed by atoms with Crippen molar-refractivity contribution < 1.29 is 14.3 Å². The molecule has 0 bridgehead atoms. The average Bonchev–Trinajstić information content (AvgIpc) is 3.21. The molecule has 0 N–H and O–H groups in total. The van der Waals surface area contributed by atoms with Crippen molar-refractivity contribution in [3.05, 3.63) is 51.5 Å². The van der Waals surface area contributed by atoms with Crippen LogP contribution < -0.4 is 9.64 Å². The van der Waals surface area contributed by atoms with E-state index in [4.69, 9.17) is 26.1 Å². The van der Waals surface area contributed by atoms with Gasteiger partial charge in [-0.15, -0.1) is 0 Å². The first-order chi connectivity index (χ1) is 15.0. The number of ether oxygens (including phenoxy) is 2. The van der Waals surface area contributed by atoms with Crippen LogP contribution in [0.2, 0.25) is 5.02 Å². The summed E-state index contributed by atoms with van der Waals surface area (Å²) in [5.74, 6) is 0.587. The molecule has 0 radical (unpaired) electrons. The van der Waals surface area contributed by atoms with Crippen LogP contribution in [-0.4, -0.2) is 62.3 Å². The molecule has 6 nitrogen and oxygen atoms in total. The number of nitrogens with zero attached hydrogens (tertiary/aromatic N) is 3. The lowest BCUT2D eigenvalue weighted by atomic mass is 10.2. The number of carbonyl (C=O) groups excluding carboxylic acids is 1. The molecule has 0 aliphatic carbocycles. The topological polar surface area (TPSA) is 54.9 Å². The standard InChI is InChI=1S/C22H23BrClN3O3S/c1-29-16-4-6-20-19(14-16)25-22(31-20)27(8-2-7-26-9-11-30-12-10-26)21(28)17-13-15(23)3-5-18(17)24/h3-6,13-14H,2,7-12H2,1H3. The number of morpholine rings is 1. The molecule has 1 aliphatic heterocycles. The highest BCUT2D eigenvalue weighted by Crippen LogP contribution is 2.33. The minimum atomic E-state index is -0.153. The fourth-order valence-electron chi connectivity index (χ4n) is 3.51. The maximum absolute atomic E-state index is 13.5. The summed E-state index contributed by atoms with van der Waals surface area (Å²) < 4.78 is 12.6. The van der Waals surface area contributed by atoms with Gasteiger partial charge in [-0.05, 0) is 36.8 Å². The number of rotatable bonds is 7. The van der Waals surface area contributed by atoms with Crippen LogP contribution in [-0.2, 0) is 4.74 Å². The van der Waals surface area contributed by atoms with Gasteiger partial charge in [0.2, 0.25) is 0 Å². The van der Waals surface area contributed by atoms with E-state index in [0.717, 1.165) is 59.7 Å². The van der Waals surface area contributed by atoms with Crippen LogP contribution in [0.15, 0.2) is 40.9 Å². The van der Waals surface area contributed by atoms with Gasteiger partial charge in [-0.2, -0.15) is 0 Å². The molecule has 0 spiro atoms. The Kier molecular flexibility index (Phi) is 7.45. The molecule has 1 aromatic heterocycles. The third-order valence-electron chi connectivity index (χ3n) is 5.18. The molecular formula is C22H23BrClN3O3S. The lowest BCUT2D eigenvalue weighted by Gasteiger charge is -2.27. The zero-order chi connectivity index (χ0) is 21.8. The van der Waals surface area contributed by atoms with E-state index in [9.17, 15) is 4.79 Å². The van der Waals surface area contributed by atoms with Crippen LogP contribution in [0.1, 0.15) is 16.8 Å². The Labute approximate surface area is 198 Å². The van der Waals surface area contributed by atoms with Crippen molar-refractivity contribution in [1.82, 2.24) is 9.88 Å². The summed E-state index contributed by atoms with van der Waals surface area (Å²) in [6, 6.07) is 11.1. The lowest BCUT2D eigenvalue weighted by molar-refractivity contribution is 0.0376. The number of fused-ring (bicyclic) bond motifs is 1. The number of benzene rings is 2. The summed E-state index contributed by atoms with van der Waals surface area (Å²) in [6.07, 6.45) is 0.830. The monoisotopic (exact) mass is 523 g/mol. The van der Waals surface area contributed by atoms with E-state index in [-0.39, 0.29) is 5.91 Å². The predicted molar refractivity (Wildman–Crippen MR) is 129 cm³/mol. The van der Waals surface area contributed by atoms with Gasteiger partial charge >= 0.3 is 0 Å². The second-order valence-corrected chi connectivity index (χ2v) is 9.55. The summed E-state index contributed by atoms with van der Waals surface area (Å²) >= 11 is 11.3. The van der Waals surface area contributed by atoms with Crippen LogP contribution in [0.5, 0.6) is 5.75 Å². The average molecular weight is 525 g/mol. The quantitative estimate of drug-likeness (QED) is 0.431. The van der Waals surface area contributed by atoms with Crippen molar-refractivity contribution >= 4 is 60.1 Å². The molecule has 1 saturated heterocycles. The summed E-state index contributed by atoms with van der Waals surface area (Å²) in [6.45, 7) is 4.82. The van der Waals surface area contributed by atoms with Gasteiger partial charge in [0.1, 0.15) is 5.75 Å². The number of hydrogen-bond acceptors (Lipinski definition) is 6. The number of anilines is 1. The number of carbonyl (C=O) groups is 1. The number of halogens is 2. The fourth-order valence-corrected chi connectivity index (χ4v) is 5.04. The molecule has 0 saturated carbocycles. The second kappa shape index (κ2) is 10.3. The molecule has 2 aromatic carbocycles. The van der Waals surface area contributed by atoms with E-state index in [1.165, 1.54) is 11.3 Å². The van der Waals surface area contributed by atoms with Crippen molar-refractivity contribution in [3.8, 4) is 5.75 Å². The van der Waals surface area contributed by atoms with Crippen molar-refractivity contribution in [1.29, 1.82) is 0 Å². The third kappa shape index (κ3) is 5.38. The molecule has 1 amide bonds. The fraction of sp³-hybridized carbons (Fsp3) is 0.364. The lowest BCUT2D eigenvalue weighted by Crippen LogP contribution is -2.39. The van der Waals surface area contributed by atoms with Crippen LogP contribution in [0.25, 0.3) is 10.2 Å². The van der Waals surface area contributed by atoms with Gasteiger partial charge in [0.05, 0.1) is 41.1 Å². The van der Waals surface area contributed by atoms with E-state index in [2.05, 4.69) is 20.8 Å². The number of amides is 1. The zero-order valence-corrected chi connectivity index (χ0v) is 20.3. The Bertz CT molecular complexity index is 1070. The van der Waals surface area contributed by atoms with Crippen molar-refractivity contribution in [2.45, 2.75) is 6.42 Å². The van der Waals surface area contributed by atoms with Crippen LogP contribution in [0.4, 0.5) is 5.13 Å². The molecule has 1 aliphatic rings. The Balaban J connectivity index is 1.61. The minimum Gasteiger partial charge on any atom is -0.497 e. The highest BCUT2D eigenvalue weighted by molar-refractivity contribution is 9.10. The van der Waals surface area contributed by atoms with E-state index in [1.54, 1.807) is 24.1 Å². The molecule has 4 rings (SSSR count). The second-order valence-electron chi connectivity index (χ2n) is 7.22. The molecular weight excluding hydrogens is 502 g/mol. The molecule has 3 aromatic rings. The SMILES string of the molecule is COc1ccc2sc(N(CCCN3CCOCC3)C(=O)c3cc(Br)ccc3Cl)nc2c1. The van der Waals surface area contributed by atoms with Crippen LogP contribution in [0.3, 0.4) is 0 Å². The Morgan fingerprint density at radius 2 is 2.10 bits per heavy atom. The van der Waals surface area contributed by atoms with Gasteiger partial charge < -0.3 is 9.47 Å². The number of methoxy groups -OCH3 is 1. The molecule has 1 fully saturated rings. The van der Waals surface area contributed by atoms with Gasteiger partial charge in [0.15, 0.2) is 5.13 Å². The number of hydrogen-bond donors (Lipinski definition) is 0. The van der Waals surface area contributed by atoms with Crippen molar-refractivity contribution in [2.75, 3.05) is 51.4 Å². The molecule has 164 valence electrons. The van der Waals surface area contributed by atoms with E-state index < -0.39 is 0 Å². The third-order valence-corrected chi connectivity index (χ3v) is 7.06. The molecule has 9 heteroatoms. The number of aromatic nitrogens is 1. The van der Waals surface area contributed by atoms with Crippen LogP contribution in [0, 0.1) is 0 Å². The van der Waals surface area contributed by atoms with Crippen molar-refractivity contribution in [2.24, 2.45) is 0 Å². The van der Waals surface area contributed by atoms with E-state index >= 15 is 0 Å². The first-order valence-electron chi connectivity index (χ1n) is 10.1. The predicted octanol–water partition coefficient (Wildman–Crippen LogP) is 5.09. The summed E-state index contributed by atoms with van der Waals surface area (Å²) in [7, 11) is 1.63. The largest absolute Gasteiger partial charge is 0.497 e. The van der Waals surface area contributed by atoms with E-state index in [0.29, 0.717) is 22.3 Å². The van der Waals surface area contributed by atoms with Crippen molar-refractivity contribution in [3.63, 3.8) is 0 Å². The van der Waals surface area contributed by atoms with Gasteiger partial charge in [-0.3, -0.25) is 14.6 Å². The maximum Gasteiger partial charge on any atom is 0.261 e. The van der Waals surface area contributed by atoms with Gasteiger partial charge in [0.25, 0.3) is 5.91 Å². The highest BCUT2D eigenvalue weighted by atomic mass is 79.9. The van der Waals surface area contributed by atoms with Gasteiger partial charge in [-0.1, -0.05) is 38.9 Å². The van der Waals surface area contributed by atoms with Gasteiger partial charge in [-0.25, -0.2) is 4.98 Å². The smallest absolute Gasteiger partial charge is 0.261 e. The highest BCUT2D eigenvalue weighted by Gasteiger charge is 2.24. The summed E-state index contributed by atoms with van der Waals surface area (Å²) in [4.78, 5) is 22.4. The normalized spacial score (nSPS) is 14.7. The molecule has 0 atom stereocenters. The molecule has 0 unspecified atom stereocenters. The van der Waals surface area contributed by atoms with Gasteiger partial charge in [0, 0.05) is 36.7 Å². The number of thiazole rings is 1. The maximum atomic E-state index is 13.5. The zero-order valence-electron chi connectivity index (χ0n) is 17.1. The summed E-state index contributed by atoms with van der Waals surface area (Å²) in [5.41, 5.74) is 1.27. The first-order valence-corrected chi connectivity index (χ1v) is 12.1. The Hall–Kier alpha value is -1.71. The Morgan fingerprint density at radius 1 is 1.29 bits per heavy atom.